The monoisotopic (exact) mass is 154 g/mol. The first kappa shape index (κ1) is 7.41. The fourth-order valence-corrected chi connectivity index (χ4v) is 1.38. The molecule has 1 aromatic rings. The molecule has 0 aliphatic carbocycles. The van der Waals surface area contributed by atoms with Crippen molar-refractivity contribution in [3.63, 3.8) is 0 Å². The maximum atomic E-state index is 3.95. The molecule has 54 valence electrons. The van der Waals surface area contributed by atoms with Gasteiger partial charge in [0, 0.05) is 0 Å². The predicted molar refractivity (Wildman–Crippen MR) is 44.0 cm³/mol. The second kappa shape index (κ2) is 2.92. The van der Waals surface area contributed by atoms with Crippen molar-refractivity contribution in [3.05, 3.63) is 15.6 Å². The topological polar surface area (TPSA) is 25.8 Å². The Morgan fingerprint density at radius 3 is 2.50 bits per heavy atom. The van der Waals surface area contributed by atoms with Gasteiger partial charge in [-0.05, 0) is 26.8 Å². The van der Waals surface area contributed by atoms with Crippen LogP contribution in [0.1, 0.15) is 23.9 Å². The van der Waals surface area contributed by atoms with Crippen molar-refractivity contribution in [2.45, 2.75) is 20.8 Å². The summed E-state index contributed by atoms with van der Waals surface area (Å²) in [6.45, 7) is 6.06. The molecule has 0 unspecified atom stereocenters. The Morgan fingerprint density at radius 1 is 1.40 bits per heavy atom. The molecule has 1 heterocycles. The first-order chi connectivity index (χ1) is 4.68. The standard InChI is InChI=1S/C7H10N2S/c1-5(2)4-7-9-8-6(3)10-7/h4H,1-3H3. The fourth-order valence-electron chi connectivity index (χ4n) is 0.617. The molecule has 0 spiro atoms. The minimum atomic E-state index is 0.998. The van der Waals surface area contributed by atoms with Crippen molar-refractivity contribution in [1.82, 2.24) is 10.2 Å². The van der Waals surface area contributed by atoms with E-state index in [0.717, 1.165) is 10.0 Å². The second-order valence-electron chi connectivity index (χ2n) is 2.38. The van der Waals surface area contributed by atoms with Gasteiger partial charge in [-0.15, -0.1) is 10.2 Å². The molecule has 0 saturated heterocycles. The molecule has 0 atom stereocenters. The quantitative estimate of drug-likeness (QED) is 0.620. The zero-order chi connectivity index (χ0) is 7.56. The number of aryl methyl sites for hydroxylation is 1. The van der Waals surface area contributed by atoms with Crippen molar-refractivity contribution in [1.29, 1.82) is 0 Å². The lowest BCUT2D eigenvalue weighted by atomic mass is 10.3. The number of allylic oxidation sites excluding steroid dienone is 1. The van der Waals surface area contributed by atoms with Gasteiger partial charge in [0.1, 0.15) is 10.0 Å². The molecule has 2 nitrogen and oxygen atoms in total. The van der Waals surface area contributed by atoms with Crippen molar-refractivity contribution in [2.24, 2.45) is 0 Å². The highest BCUT2D eigenvalue weighted by molar-refractivity contribution is 7.12. The van der Waals surface area contributed by atoms with Crippen molar-refractivity contribution >= 4 is 17.4 Å². The van der Waals surface area contributed by atoms with Gasteiger partial charge < -0.3 is 0 Å². The van der Waals surface area contributed by atoms with E-state index < -0.39 is 0 Å². The normalized spacial score (nSPS) is 9.50. The molecule has 0 saturated carbocycles. The maximum Gasteiger partial charge on any atom is 0.140 e. The number of aromatic nitrogens is 2. The highest BCUT2D eigenvalue weighted by Gasteiger charge is 1.93. The Bertz CT molecular complexity index is 246. The van der Waals surface area contributed by atoms with Crippen molar-refractivity contribution in [3.8, 4) is 0 Å². The van der Waals surface area contributed by atoms with E-state index in [4.69, 9.17) is 0 Å². The highest BCUT2D eigenvalue weighted by atomic mass is 32.1. The van der Waals surface area contributed by atoms with Gasteiger partial charge in [-0.3, -0.25) is 0 Å². The zero-order valence-corrected chi connectivity index (χ0v) is 7.20. The molecule has 3 heteroatoms. The van der Waals surface area contributed by atoms with Gasteiger partial charge in [-0.25, -0.2) is 0 Å². The van der Waals surface area contributed by atoms with Gasteiger partial charge in [-0.2, -0.15) is 0 Å². The highest BCUT2D eigenvalue weighted by Crippen LogP contribution is 2.11. The van der Waals surface area contributed by atoms with E-state index >= 15 is 0 Å². The average molecular weight is 154 g/mol. The predicted octanol–water partition coefficient (Wildman–Crippen LogP) is 2.27. The number of rotatable bonds is 1. The summed E-state index contributed by atoms with van der Waals surface area (Å²) in [5, 5.41) is 9.86. The third kappa shape index (κ3) is 1.92. The summed E-state index contributed by atoms with van der Waals surface area (Å²) in [4.78, 5) is 0. The SMILES string of the molecule is CC(C)=Cc1nnc(C)s1. The smallest absolute Gasteiger partial charge is 0.140 e. The van der Waals surface area contributed by atoms with Crippen LogP contribution in [0.5, 0.6) is 0 Å². The molecule has 0 aromatic carbocycles. The number of hydrogen-bond donors (Lipinski definition) is 0. The molecule has 0 N–H and O–H groups in total. The molecule has 0 radical (unpaired) electrons. The largest absolute Gasteiger partial charge is 0.144 e. The summed E-state index contributed by atoms with van der Waals surface area (Å²) < 4.78 is 0. The van der Waals surface area contributed by atoms with Gasteiger partial charge in [0.05, 0.1) is 0 Å². The van der Waals surface area contributed by atoms with Crippen LogP contribution in [0.15, 0.2) is 5.57 Å². The van der Waals surface area contributed by atoms with Crippen LogP contribution in [0.2, 0.25) is 0 Å². The van der Waals surface area contributed by atoms with Crippen LogP contribution in [0, 0.1) is 6.92 Å². The summed E-state index contributed by atoms with van der Waals surface area (Å²) in [5.41, 5.74) is 1.26. The van der Waals surface area contributed by atoms with Crippen LogP contribution < -0.4 is 0 Å². The minimum absolute atomic E-state index is 0.998. The van der Waals surface area contributed by atoms with E-state index in [1.807, 2.05) is 13.0 Å². The molecule has 1 aromatic heterocycles. The van der Waals surface area contributed by atoms with Gasteiger partial charge in [0.15, 0.2) is 0 Å². The van der Waals surface area contributed by atoms with Gasteiger partial charge >= 0.3 is 0 Å². The van der Waals surface area contributed by atoms with E-state index in [9.17, 15) is 0 Å². The Kier molecular flexibility index (Phi) is 2.17. The van der Waals surface area contributed by atoms with Crippen LogP contribution >= 0.6 is 11.3 Å². The molecule has 10 heavy (non-hydrogen) atoms. The van der Waals surface area contributed by atoms with Crippen LogP contribution in [-0.2, 0) is 0 Å². The molecular formula is C7H10N2S. The van der Waals surface area contributed by atoms with Crippen LogP contribution in [-0.4, -0.2) is 10.2 Å². The lowest BCUT2D eigenvalue weighted by Gasteiger charge is -1.82. The number of nitrogens with zero attached hydrogens (tertiary/aromatic N) is 2. The molecule has 0 amide bonds. The third-order valence-electron chi connectivity index (χ3n) is 0.954. The number of hydrogen-bond acceptors (Lipinski definition) is 3. The van der Waals surface area contributed by atoms with Crippen molar-refractivity contribution < 1.29 is 0 Å². The minimum Gasteiger partial charge on any atom is -0.144 e. The fraction of sp³-hybridized carbons (Fsp3) is 0.429. The Morgan fingerprint density at radius 2 is 2.10 bits per heavy atom. The lowest BCUT2D eigenvalue weighted by molar-refractivity contribution is 1.04. The maximum absolute atomic E-state index is 3.95. The Balaban J connectivity index is 2.86. The van der Waals surface area contributed by atoms with Gasteiger partial charge in [-0.1, -0.05) is 16.9 Å². The molecule has 0 aliphatic heterocycles. The van der Waals surface area contributed by atoms with Gasteiger partial charge in [0.25, 0.3) is 0 Å². The average Bonchev–Trinajstić information content (AvgIpc) is 2.13. The van der Waals surface area contributed by atoms with Gasteiger partial charge in [0.2, 0.25) is 0 Å². The Hall–Kier alpha value is -0.700. The second-order valence-corrected chi connectivity index (χ2v) is 3.59. The van der Waals surface area contributed by atoms with Crippen LogP contribution in [0.25, 0.3) is 6.08 Å². The Labute approximate surface area is 64.6 Å². The van der Waals surface area contributed by atoms with E-state index in [0.29, 0.717) is 0 Å². The van der Waals surface area contributed by atoms with E-state index in [2.05, 4.69) is 24.0 Å². The summed E-state index contributed by atoms with van der Waals surface area (Å²) in [6.07, 6.45) is 2.03. The summed E-state index contributed by atoms with van der Waals surface area (Å²) in [6, 6.07) is 0. The van der Waals surface area contributed by atoms with E-state index in [1.165, 1.54) is 5.57 Å². The third-order valence-corrected chi connectivity index (χ3v) is 1.74. The summed E-state index contributed by atoms with van der Waals surface area (Å²) in [7, 11) is 0. The van der Waals surface area contributed by atoms with E-state index in [1.54, 1.807) is 11.3 Å². The summed E-state index contributed by atoms with van der Waals surface area (Å²) >= 11 is 1.62. The molecule has 0 aliphatic rings. The molecule has 0 bridgehead atoms. The molecular weight excluding hydrogens is 144 g/mol. The van der Waals surface area contributed by atoms with Crippen LogP contribution in [0.3, 0.4) is 0 Å². The molecule has 0 fully saturated rings. The molecule has 1 rings (SSSR count). The van der Waals surface area contributed by atoms with E-state index in [-0.39, 0.29) is 0 Å². The summed E-state index contributed by atoms with van der Waals surface area (Å²) in [5.74, 6) is 0. The van der Waals surface area contributed by atoms with Crippen molar-refractivity contribution in [2.75, 3.05) is 0 Å². The first-order valence-electron chi connectivity index (χ1n) is 3.13. The lowest BCUT2D eigenvalue weighted by Crippen LogP contribution is -1.71. The van der Waals surface area contributed by atoms with Crippen LogP contribution in [0.4, 0.5) is 0 Å². The zero-order valence-electron chi connectivity index (χ0n) is 6.38. The first-order valence-corrected chi connectivity index (χ1v) is 3.95.